The second kappa shape index (κ2) is 5.71. The topological polar surface area (TPSA) is 58.2 Å². The van der Waals surface area contributed by atoms with E-state index in [0.717, 1.165) is 25.9 Å². The average molecular weight is 268 g/mol. The highest BCUT2D eigenvalue weighted by atomic mass is 32.2. The molecule has 0 spiro atoms. The van der Waals surface area contributed by atoms with E-state index in [-0.39, 0.29) is 5.75 Å². The molecule has 2 rings (SSSR count). The Morgan fingerprint density at radius 2 is 2.17 bits per heavy atom. The predicted molar refractivity (Wildman–Crippen MR) is 74.2 cm³/mol. The van der Waals surface area contributed by atoms with Crippen LogP contribution in [0.15, 0.2) is 18.2 Å². The number of hydrogen-bond acceptors (Lipinski definition) is 3. The van der Waals surface area contributed by atoms with Crippen molar-refractivity contribution >= 4 is 15.7 Å². The molecule has 18 heavy (non-hydrogen) atoms. The molecule has 1 heterocycles. The Labute approximate surface area is 109 Å². The van der Waals surface area contributed by atoms with E-state index in [4.69, 9.17) is 0 Å². The highest BCUT2D eigenvalue weighted by molar-refractivity contribution is 7.92. The maximum absolute atomic E-state index is 11.8. The van der Waals surface area contributed by atoms with Crippen LogP contribution in [0.2, 0.25) is 0 Å². The highest BCUT2D eigenvalue weighted by Gasteiger charge is 2.12. The Balaban J connectivity index is 2.10. The normalized spacial score (nSPS) is 15.2. The third-order valence-corrected chi connectivity index (χ3v) is 4.51. The first-order valence-corrected chi connectivity index (χ1v) is 8.09. The summed E-state index contributed by atoms with van der Waals surface area (Å²) >= 11 is 0. The molecule has 0 aliphatic carbocycles. The molecule has 0 fully saturated rings. The van der Waals surface area contributed by atoms with E-state index in [2.05, 4.69) is 10.0 Å². The third kappa shape index (κ3) is 3.46. The minimum absolute atomic E-state index is 0.193. The lowest BCUT2D eigenvalue weighted by atomic mass is 10.0. The van der Waals surface area contributed by atoms with Crippen LogP contribution in [0.3, 0.4) is 0 Å². The molecular weight excluding hydrogens is 248 g/mol. The standard InChI is InChI=1S/C13H20N2O2S/c1-2-3-8-18(16,17)15-13-5-4-11-6-7-14-10-12(11)9-13/h4-5,9,14-15H,2-3,6-8,10H2,1H3. The number of rotatable bonds is 5. The van der Waals surface area contributed by atoms with E-state index in [1.54, 1.807) is 0 Å². The number of fused-ring (bicyclic) bond motifs is 1. The lowest BCUT2D eigenvalue weighted by molar-refractivity contribution is 0.598. The van der Waals surface area contributed by atoms with E-state index < -0.39 is 10.0 Å². The van der Waals surface area contributed by atoms with Gasteiger partial charge in [0.2, 0.25) is 10.0 Å². The summed E-state index contributed by atoms with van der Waals surface area (Å²) < 4.78 is 26.2. The molecule has 1 aromatic carbocycles. The van der Waals surface area contributed by atoms with E-state index >= 15 is 0 Å². The smallest absolute Gasteiger partial charge is 0.232 e. The molecule has 5 heteroatoms. The first-order valence-electron chi connectivity index (χ1n) is 6.44. The van der Waals surface area contributed by atoms with Gasteiger partial charge in [0.1, 0.15) is 0 Å². The van der Waals surface area contributed by atoms with E-state index in [1.807, 2.05) is 25.1 Å². The van der Waals surface area contributed by atoms with Crippen molar-refractivity contribution in [3.8, 4) is 0 Å². The molecule has 0 saturated heterocycles. The van der Waals surface area contributed by atoms with Gasteiger partial charge < -0.3 is 5.32 Å². The van der Waals surface area contributed by atoms with Gasteiger partial charge in [0, 0.05) is 12.2 Å². The molecule has 1 aliphatic heterocycles. The summed E-state index contributed by atoms with van der Waals surface area (Å²) in [7, 11) is -3.19. The zero-order valence-electron chi connectivity index (χ0n) is 10.7. The summed E-state index contributed by atoms with van der Waals surface area (Å²) in [6, 6.07) is 5.81. The van der Waals surface area contributed by atoms with Crippen LogP contribution < -0.4 is 10.0 Å². The number of hydrogen-bond donors (Lipinski definition) is 2. The van der Waals surface area contributed by atoms with Crippen molar-refractivity contribution in [3.05, 3.63) is 29.3 Å². The minimum Gasteiger partial charge on any atom is -0.312 e. The molecule has 0 atom stereocenters. The van der Waals surface area contributed by atoms with Crippen LogP contribution in [0.4, 0.5) is 5.69 Å². The third-order valence-electron chi connectivity index (χ3n) is 3.13. The van der Waals surface area contributed by atoms with Gasteiger partial charge in [-0.15, -0.1) is 0 Å². The fourth-order valence-corrected chi connectivity index (χ4v) is 3.37. The number of benzene rings is 1. The molecule has 0 radical (unpaired) electrons. The van der Waals surface area contributed by atoms with Gasteiger partial charge in [-0.2, -0.15) is 0 Å². The van der Waals surface area contributed by atoms with Gasteiger partial charge in [-0.25, -0.2) is 8.42 Å². The molecule has 0 saturated carbocycles. The van der Waals surface area contributed by atoms with Crippen molar-refractivity contribution in [3.63, 3.8) is 0 Å². The van der Waals surface area contributed by atoms with Crippen molar-refractivity contribution in [2.24, 2.45) is 0 Å². The van der Waals surface area contributed by atoms with E-state index in [9.17, 15) is 8.42 Å². The molecule has 100 valence electrons. The fraction of sp³-hybridized carbons (Fsp3) is 0.538. The van der Waals surface area contributed by atoms with Crippen molar-refractivity contribution in [2.75, 3.05) is 17.0 Å². The van der Waals surface area contributed by atoms with Crippen molar-refractivity contribution in [1.29, 1.82) is 0 Å². The summed E-state index contributed by atoms with van der Waals surface area (Å²) in [5.74, 6) is 0.193. The van der Waals surface area contributed by atoms with Crippen LogP contribution >= 0.6 is 0 Å². The van der Waals surface area contributed by atoms with Gasteiger partial charge in [0.15, 0.2) is 0 Å². The van der Waals surface area contributed by atoms with Crippen LogP contribution in [0, 0.1) is 0 Å². The predicted octanol–water partition coefficient (Wildman–Crippen LogP) is 1.87. The summed E-state index contributed by atoms with van der Waals surface area (Å²) in [6.45, 7) is 3.80. The Morgan fingerprint density at radius 1 is 1.33 bits per heavy atom. The number of anilines is 1. The van der Waals surface area contributed by atoms with Gasteiger partial charge >= 0.3 is 0 Å². The lowest BCUT2D eigenvalue weighted by Gasteiger charge is -2.18. The zero-order valence-corrected chi connectivity index (χ0v) is 11.5. The Morgan fingerprint density at radius 3 is 2.94 bits per heavy atom. The molecule has 2 N–H and O–H groups in total. The van der Waals surface area contributed by atoms with E-state index in [0.29, 0.717) is 12.1 Å². The second-order valence-electron chi connectivity index (χ2n) is 4.68. The van der Waals surface area contributed by atoms with Crippen LogP contribution in [0.25, 0.3) is 0 Å². The fourth-order valence-electron chi connectivity index (χ4n) is 2.11. The lowest BCUT2D eigenvalue weighted by Crippen LogP contribution is -2.24. The maximum atomic E-state index is 11.8. The van der Waals surface area contributed by atoms with Crippen molar-refractivity contribution < 1.29 is 8.42 Å². The average Bonchev–Trinajstić information content (AvgIpc) is 2.36. The Hall–Kier alpha value is -1.07. The molecule has 0 amide bonds. The molecular formula is C13H20N2O2S. The first kappa shape index (κ1) is 13.4. The van der Waals surface area contributed by atoms with Gasteiger partial charge in [-0.05, 0) is 42.6 Å². The molecule has 1 aliphatic rings. The first-order chi connectivity index (χ1) is 8.61. The summed E-state index contributed by atoms with van der Waals surface area (Å²) in [5.41, 5.74) is 3.18. The largest absolute Gasteiger partial charge is 0.312 e. The van der Waals surface area contributed by atoms with Crippen LogP contribution in [-0.2, 0) is 23.0 Å². The van der Waals surface area contributed by atoms with Gasteiger partial charge in [-0.1, -0.05) is 19.4 Å². The Kier molecular flexibility index (Phi) is 4.24. The molecule has 1 aromatic rings. The highest BCUT2D eigenvalue weighted by Crippen LogP contribution is 2.20. The molecule has 0 unspecified atom stereocenters. The molecule has 0 bridgehead atoms. The summed E-state index contributed by atoms with van der Waals surface area (Å²) in [5, 5.41) is 3.29. The Bertz CT molecular complexity index is 512. The maximum Gasteiger partial charge on any atom is 0.232 e. The van der Waals surface area contributed by atoms with Gasteiger partial charge in [0.05, 0.1) is 5.75 Å². The van der Waals surface area contributed by atoms with E-state index in [1.165, 1.54) is 11.1 Å². The number of unbranched alkanes of at least 4 members (excludes halogenated alkanes) is 1. The second-order valence-corrected chi connectivity index (χ2v) is 6.53. The van der Waals surface area contributed by atoms with Crippen molar-refractivity contribution in [2.45, 2.75) is 32.7 Å². The van der Waals surface area contributed by atoms with Crippen molar-refractivity contribution in [1.82, 2.24) is 5.32 Å². The van der Waals surface area contributed by atoms with Gasteiger partial charge in [0.25, 0.3) is 0 Å². The number of sulfonamides is 1. The number of nitrogens with one attached hydrogen (secondary N) is 2. The minimum atomic E-state index is -3.19. The quantitative estimate of drug-likeness (QED) is 0.857. The van der Waals surface area contributed by atoms with Gasteiger partial charge in [-0.3, -0.25) is 4.72 Å². The molecule has 0 aromatic heterocycles. The van der Waals surface area contributed by atoms with Crippen LogP contribution in [-0.4, -0.2) is 20.7 Å². The van der Waals surface area contributed by atoms with Crippen LogP contribution in [0.5, 0.6) is 0 Å². The van der Waals surface area contributed by atoms with Crippen LogP contribution in [0.1, 0.15) is 30.9 Å². The monoisotopic (exact) mass is 268 g/mol. The summed E-state index contributed by atoms with van der Waals surface area (Å²) in [6.07, 6.45) is 2.59. The SMILES string of the molecule is CCCCS(=O)(=O)Nc1ccc2c(c1)CNCC2. The molecule has 4 nitrogen and oxygen atoms in total. The zero-order chi connectivity index (χ0) is 13.0. The summed E-state index contributed by atoms with van der Waals surface area (Å²) in [4.78, 5) is 0.